The molecule has 194 valence electrons. The maximum absolute atomic E-state index is 13.4. The fourth-order valence-electron chi connectivity index (χ4n) is 3.88. The van der Waals surface area contributed by atoms with E-state index in [9.17, 15) is 40.7 Å². The normalized spacial score (nSPS) is 13.7. The summed E-state index contributed by atoms with van der Waals surface area (Å²) in [7, 11) is 0. The molecule has 1 aliphatic heterocycles. The summed E-state index contributed by atoms with van der Waals surface area (Å²) in [6.07, 6.45) is -10.0. The molecule has 1 heterocycles. The summed E-state index contributed by atoms with van der Waals surface area (Å²) in [5, 5.41) is 8.58. The van der Waals surface area contributed by atoms with Gasteiger partial charge < -0.3 is 14.6 Å². The molecule has 0 fully saturated rings. The first-order valence-corrected chi connectivity index (χ1v) is 10.4. The van der Waals surface area contributed by atoms with Crippen molar-refractivity contribution in [2.75, 3.05) is 18.1 Å². The van der Waals surface area contributed by atoms with Gasteiger partial charge in [0.15, 0.2) is 13.2 Å². The van der Waals surface area contributed by atoms with Crippen LogP contribution in [0.2, 0.25) is 0 Å². The molecule has 1 N–H and O–H groups in total. The molecule has 0 bridgehead atoms. The molecule has 0 aliphatic carbocycles. The molecule has 0 radical (unpaired) electrons. The zero-order valence-electron chi connectivity index (χ0n) is 18.4. The number of aliphatic carboxylic acids is 1. The molecule has 1 aliphatic rings. The summed E-state index contributed by atoms with van der Waals surface area (Å²) < 4.78 is 87.8. The monoisotopic (exact) mass is 527 g/mol. The number of carboxylic acids is 1. The fraction of sp³-hybridized carbons (Fsp3) is 0.208. The van der Waals surface area contributed by atoms with Gasteiger partial charge in [0.2, 0.25) is 0 Å². The van der Waals surface area contributed by atoms with Crippen LogP contribution in [0.4, 0.5) is 32.0 Å². The summed E-state index contributed by atoms with van der Waals surface area (Å²) in [5.74, 6) is -4.70. The molecule has 13 heteroatoms. The minimum Gasteiger partial charge on any atom is -0.483 e. The molecule has 4 rings (SSSR count). The van der Waals surface area contributed by atoms with Crippen molar-refractivity contribution >= 4 is 34.2 Å². The summed E-state index contributed by atoms with van der Waals surface area (Å²) in [5.41, 5.74) is -1.13. The summed E-state index contributed by atoms with van der Waals surface area (Å²) in [4.78, 5) is 38.2. The largest absolute Gasteiger partial charge is 0.483 e. The first-order valence-electron chi connectivity index (χ1n) is 10.4. The molecule has 0 unspecified atom stereocenters. The molecule has 3 aromatic rings. The molecular formula is C24H15F6NO6. The predicted octanol–water partition coefficient (Wildman–Crippen LogP) is 5.15. The maximum Gasteiger partial charge on any atom is 0.422 e. The number of carbonyl (C=O) groups excluding carboxylic acids is 2. The zero-order chi connectivity index (χ0) is 27.1. The van der Waals surface area contributed by atoms with E-state index in [0.29, 0.717) is 10.5 Å². The molecule has 0 saturated carbocycles. The summed E-state index contributed by atoms with van der Waals surface area (Å²) in [6, 6.07) is 10.3. The average Bonchev–Trinajstić information content (AvgIpc) is 3.05. The van der Waals surface area contributed by atoms with Gasteiger partial charge in [-0.15, -0.1) is 0 Å². The van der Waals surface area contributed by atoms with Gasteiger partial charge in [0.05, 0.1) is 23.2 Å². The van der Waals surface area contributed by atoms with Gasteiger partial charge in [-0.3, -0.25) is 14.4 Å². The zero-order valence-corrected chi connectivity index (χ0v) is 18.4. The van der Waals surface area contributed by atoms with E-state index in [0.717, 1.165) is 0 Å². The van der Waals surface area contributed by atoms with E-state index in [1.807, 2.05) is 0 Å². The number of alkyl halides is 6. The van der Waals surface area contributed by atoms with E-state index in [4.69, 9.17) is 14.6 Å². The molecule has 0 saturated heterocycles. The number of fused-ring (bicyclic) bond motifs is 2. The Hall–Kier alpha value is -4.29. The lowest BCUT2D eigenvalue weighted by atomic mass is 9.99. The van der Waals surface area contributed by atoms with Crippen LogP contribution in [-0.2, 0) is 11.2 Å². The van der Waals surface area contributed by atoms with Crippen LogP contribution in [0, 0.1) is 0 Å². The van der Waals surface area contributed by atoms with Crippen molar-refractivity contribution in [1.29, 1.82) is 0 Å². The molecule has 0 atom stereocenters. The third-order valence-electron chi connectivity index (χ3n) is 5.26. The molecule has 0 spiro atoms. The number of halogens is 6. The smallest absolute Gasteiger partial charge is 0.422 e. The number of amides is 2. The Morgan fingerprint density at radius 3 is 1.57 bits per heavy atom. The molecule has 3 aromatic carbocycles. The second-order valence-electron chi connectivity index (χ2n) is 7.94. The third kappa shape index (κ3) is 5.29. The molecule has 37 heavy (non-hydrogen) atoms. The second kappa shape index (κ2) is 9.30. The Balaban J connectivity index is 1.90. The van der Waals surface area contributed by atoms with Crippen LogP contribution < -0.4 is 14.4 Å². The van der Waals surface area contributed by atoms with Gasteiger partial charge in [-0.25, -0.2) is 4.90 Å². The molecule has 7 nitrogen and oxygen atoms in total. The number of nitrogens with zero attached hydrogens (tertiary/aromatic N) is 1. The Labute approximate surface area is 203 Å². The van der Waals surface area contributed by atoms with Gasteiger partial charge in [0.1, 0.15) is 11.5 Å². The first kappa shape index (κ1) is 25.8. The lowest BCUT2D eigenvalue weighted by Gasteiger charge is -2.18. The number of anilines is 1. The summed E-state index contributed by atoms with van der Waals surface area (Å²) in [6.45, 7) is -3.67. The quantitative estimate of drug-likeness (QED) is 0.338. The standard InChI is InChI=1S/C24H15F6NO6/c25-23(26,27)10-36-19-14-3-1-2-4-15(14)20(37-11-24(28,29)30)18-17(19)21(34)31(22(18)35)13-7-5-12(6-8-13)9-16(32)33/h1-8H,9-11H2,(H,32,33). The van der Waals surface area contributed by atoms with Crippen molar-refractivity contribution in [2.45, 2.75) is 18.8 Å². The minimum atomic E-state index is -4.83. The Kier molecular flexibility index (Phi) is 6.48. The van der Waals surface area contributed by atoms with Gasteiger partial charge in [-0.2, -0.15) is 26.3 Å². The van der Waals surface area contributed by atoms with Crippen molar-refractivity contribution in [1.82, 2.24) is 0 Å². The number of rotatable bonds is 7. The second-order valence-corrected chi connectivity index (χ2v) is 7.94. The highest BCUT2D eigenvalue weighted by molar-refractivity contribution is 6.38. The predicted molar refractivity (Wildman–Crippen MR) is 116 cm³/mol. The SMILES string of the molecule is O=C(O)Cc1ccc(N2C(=O)c3c(c(OCC(F)(F)F)c4ccccc4c3OCC(F)(F)F)C2=O)cc1. The fourth-order valence-corrected chi connectivity index (χ4v) is 3.88. The van der Waals surface area contributed by atoms with Crippen molar-refractivity contribution < 1.29 is 55.3 Å². The lowest BCUT2D eigenvalue weighted by molar-refractivity contribution is -0.154. The number of benzene rings is 3. The van der Waals surface area contributed by atoms with E-state index < -0.39 is 66.0 Å². The van der Waals surface area contributed by atoms with Crippen molar-refractivity contribution in [3.63, 3.8) is 0 Å². The number of carboxylic acid groups (broad SMARTS) is 1. The molecule has 0 aromatic heterocycles. The summed E-state index contributed by atoms with van der Waals surface area (Å²) >= 11 is 0. The van der Waals surface area contributed by atoms with E-state index in [2.05, 4.69) is 0 Å². The van der Waals surface area contributed by atoms with Crippen LogP contribution in [-0.4, -0.2) is 48.5 Å². The van der Waals surface area contributed by atoms with E-state index in [1.54, 1.807) is 0 Å². The van der Waals surface area contributed by atoms with Gasteiger partial charge in [-0.05, 0) is 17.7 Å². The van der Waals surface area contributed by atoms with Crippen molar-refractivity contribution in [2.24, 2.45) is 0 Å². The highest BCUT2D eigenvalue weighted by atomic mass is 19.4. The lowest BCUT2D eigenvalue weighted by Crippen LogP contribution is -2.29. The number of hydrogen-bond acceptors (Lipinski definition) is 5. The van der Waals surface area contributed by atoms with Crippen LogP contribution in [0.3, 0.4) is 0 Å². The van der Waals surface area contributed by atoms with Crippen LogP contribution >= 0.6 is 0 Å². The van der Waals surface area contributed by atoms with Crippen molar-refractivity contribution in [3.8, 4) is 11.5 Å². The number of hydrogen-bond donors (Lipinski definition) is 1. The van der Waals surface area contributed by atoms with E-state index in [1.165, 1.54) is 48.5 Å². The molecular weight excluding hydrogens is 512 g/mol. The van der Waals surface area contributed by atoms with Gasteiger partial charge in [-0.1, -0.05) is 36.4 Å². The Bertz CT molecular complexity index is 1320. The number of carbonyl (C=O) groups is 3. The highest BCUT2D eigenvalue weighted by Crippen LogP contribution is 2.46. The van der Waals surface area contributed by atoms with Crippen LogP contribution in [0.15, 0.2) is 48.5 Å². The highest BCUT2D eigenvalue weighted by Gasteiger charge is 2.45. The Morgan fingerprint density at radius 2 is 1.19 bits per heavy atom. The van der Waals surface area contributed by atoms with Gasteiger partial charge in [0.25, 0.3) is 11.8 Å². The molecule has 2 amide bonds. The maximum atomic E-state index is 13.4. The number of imide groups is 1. The van der Waals surface area contributed by atoms with Crippen LogP contribution in [0.1, 0.15) is 26.3 Å². The number of ether oxygens (including phenoxy) is 2. The average molecular weight is 527 g/mol. The van der Waals surface area contributed by atoms with Crippen LogP contribution in [0.5, 0.6) is 11.5 Å². The van der Waals surface area contributed by atoms with Crippen LogP contribution in [0.25, 0.3) is 10.8 Å². The first-order chi connectivity index (χ1) is 17.3. The third-order valence-corrected chi connectivity index (χ3v) is 5.26. The van der Waals surface area contributed by atoms with Gasteiger partial charge >= 0.3 is 18.3 Å². The van der Waals surface area contributed by atoms with E-state index in [-0.39, 0.29) is 22.9 Å². The minimum absolute atomic E-state index is 0.0899. The Morgan fingerprint density at radius 1 is 0.757 bits per heavy atom. The van der Waals surface area contributed by atoms with Gasteiger partial charge in [0, 0.05) is 10.8 Å². The van der Waals surface area contributed by atoms with Crippen molar-refractivity contribution in [3.05, 3.63) is 65.2 Å². The topological polar surface area (TPSA) is 93.1 Å². The van der Waals surface area contributed by atoms with E-state index >= 15 is 0 Å².